The van der Waals surface area contributed by atoms with Crippen LogP contribution in [0.25, 0.3) is 10.9 Å². The van der Waals surface area contributed by atoms with Crippen LogP contribution in [0, 0.1) is 5.41 Å². The van der Waals surface area contributed by atoms with Crippen molar-refractivity contribution in [2.75, 3.05) is 11.9 Å². The number of hydrogen-bond donors (Lipinski definition) is 2. The second-order valence-corrected chi connectivity index (χ2v) is 6.25. The molecule has 3 nitrogen and oxygen atoms in total. The maximum Gasteiger partial charge on any atom is 0.127 e. The van der Waals surface area contributed by atoms with Crippen LogP contribution in [0.5, 0.6) is 0 Å². The second-order valence-electron chi connectivity index (χ2n) is 5.81. The van der Waals surface area contributed by atoms with Crippen molar-refractivity contribution < 1.29 is 0 Å². The molecule has 0 spiro atoms. The predicted octanol–water partition coefficient (Wildman–Crippen LogP) is 3.72. The van der Waals surface area contributed by atoms with E-state index in [1.165, 1.54) is 0 Å². The summed E-state index contributed by atoms with van der Waals surface area (Å²) in [6.45, 7) is 7.52. The zero-order chi connectivity index (χ0) is 14.8. The molecule has 0 atom stereocenters. The van der Waals surface area contributed by atoms with Gasteiger partial charge in [0.25, 0.3) is 0 Å². The Labute approximate surface area is 125 Å². The highest BCUT2D eigenvalue weighted by Crippen LogP contribution is 2.23. The third kappa shape index (κ3) is 3.25. The Morgan fingerprint density at radius 3 is 2.70 bits per heavy atom. The Kier molecular flexibility index (Phi) is 4.23. The molecule has 0 aliphatic heterocycles. The molecule has 0 aliphatic rings. The van der Waals surface area contributed by atoms with Crippen molar-refractivity contribution in [1.82, 2.24) is 4.98 Å². The minimum Gasteiger partial charge on any atom is -0.389 e. The first-order valence-corrected chi connectivity index (χ1v) is 7.27. The number of hydrogen-bond acceptors (Lipinski definition) is 3. The van der Waals surface area contributed by atoms with Crippen molar-refractivity contribution in [1.29, 1.82) is 0 Å². The molecule has 3 N–H and O–H groups in total. The fourth-order valence-electron chi connectivity index (χ4n) is 1.92. The number of aromatic nitrogens is 1. The first-order chi connectivity index (χ1) is 9.43. The van der Waals surface area contributed by atoms with Crippen LogP contribution in [0.3, 0.4) is 0 Å². The smallest absolute Gasteiger partial charge is 0.127 e. The molecular weight excluding hydrogens is 266 g/mol. The normalized spacial score (nSPS) is 11.6. The lowest BCUT2D eigenvalue weighted by Gasteiger charge is -2.23. The minimum absolute atomic E-state index is 0.233. The monoisotopic (exact) mass is 287 g/mol. The fourth-order valence-corrected chi connectivity index (χ4v) is 2.09. The van der Waals surface area contributed by atoms with Crippen molar-refractivity contribution in [3.63, 3.8) is 0 Å². The number of pyridine rings is 1. The van der Waals surface area contributed by atoms with Crippen LogP contribution in [-0.4, -0.2) is 16.5 Å². The molecular formula is C16H21N3S. The predicted molar refractivity (Wildman–Crippen MR) is 90.2 cm³/mol. The standard InChI is InChI=1S/C16H21N3S/c1-4-16(2,3)10-18-14-9-12(15(17)20)11-7-5-6-8-13(11)19-14/h5-9H,4,10H2,1-3H3,(H2,17,20)(H,18,19). The van der Waals surface area contributed by atoms with Gasteiger partial charge in [-0.25, -0.2) is 4.98 Å². The number of thiocarbonyl (C=S) groups is 1. The van der Waals surface area contributed by atoms with Crippen LogP contribution < -0.4 is 11.1 Å². The quantitative estimate of drug-likeness (QED) is 0.823. The van der Waals surface area contributed by atoms with E-state index in [0.29, 0.717) is 4.99 Å². The summed E-state index contributed by atoms with van der Waals surface area (Å²) < 4.78 is 0. The Morgan fingerprint density at radius 2 is 2.05 bits per heavy atom. The molecule has 2 aromatic rings. The van der Waals surface area contributed by atoms with E-state index >= 15 is 0 Å². The average Bonchev–Trinajstić information content (AvgIpc) is 2.44. The number of para-hydroxylation sites is 1. The Hall–Kier alpha value is -1.68. The van der Waals surface area contributed by atoms with Gasteiger partial charge in [0.05, 0.1) is 5.52 Å². The van der Waals surface area contributed by atoms with E-state index in [9.17, 15) is 0 Å². The molecule has 20 heavy (non-hydrogen) atoms. The molecule has 4 heteroatoms. The van der Waals surface area contributed by atoms with Gasteiger partial charge in [-0.2, -0.15) is 0 Å². The lowest BCUT2D eigenvalue weighted by atomic mass is 9.90. The first kappa shape index (κ1) is 14.7. The summed E-state index contributed by atoms with van der Waals surface area (Å²) >= 11 is 5.15. The third-order valence-corrected chi connectivity index (χ3v) is 3.91. The SMILES string of the molecule is CCC(C)(C)CNc1cc(C(N)=S)c2ccccc2n1. The summed E-state index contributed by atoms with van der Waals surface area (Å²) in [4.78, 5) is 5.03. The Bertz CT molecular complexity index is 635. The van der Waals surface area contributed by atoms with Crippen molar-refractivity contribution in [2.24, 2.45) is 11.1 Å². The van der Waals surface area contributed by atoms with Gasteiger partial charge >= 0.3 is 0 Å². The number of fused-ring (bicyclic) bond motifs is 1. The van der Waals surface area contributed by atoms with Gasteiger partial charge in [-0.05, 0) is 24.0 Å². The van der Waals surface area contributed by atoms with Crippen molar-refractivity contribution in [2.45, 2.75) is 27.2 Å². The number of rotatable bonds is 5. The van der Waals surface area contributed by atoms with Gasteiger partial charge in [-0.1, -0.05) is 51.2 Å². The topological polar surface area (TPSA) is 50.9 Å². The highest BCUT2D eigenvalue weighted by atomic mass is 32.1. The lowest BCUT2D eigenvalue weighted by Crippen LogP contribution is -2.22. The number of nitrogens with zero attached hydrogens (tertiary/aromatic N) is 1. The second kappa shape index (κ2) is 5.75. The molecule has 0 saturated carbocycles. The lowest BCUT2D eigenvalue weighted by molar-refractivity contribution is 0.376. The summed E-state index contributed by atoms with van der Waals surface area (Å²) in [6.07, 6.45) is 1.11. The van der Waals surface area contributed by atoms with Gasteiger partial charge in [0, 0.05) is 17.5 Å². The van der Waals surface area contributed by atoms with Gasteiger partial charge < -0.3 is 11.1 Å². The summed E-state index contributed by atoms with van der Waals surface area (Å²) in [5.74, 6) is 0.827. The molecule has 1 heterocycles. The molecule has 0 amide bonds. The molecule has 0 aliphatic carbocycles. The average molecular weight is 287 g/mol. The summed E-state index contributed by atoms with van der Waals surface area (Å²) in [5, 5.41) is 4.40. The van der Waals surface area contributed by atoms with E-state index in [1.807, 2.05) is 30.3 Å². The fraction of sp³-hybridized carbons (Fsp3) is 0.375. The van der Waals surface area contributed by atoms with E-state index in [2.05, 4.69) is 31.1 Å². The molecule has 0 unspecified atom stereocenters. The molecule has 1 aromatic heterocycles. The van der Waals surface area contributed by atoms with Crippen molar-refractivity contribution in [3.05, 3.63) is 35.9 Å². The van der Waals surface area contributed by atoms with Crippen LogP contribution in [0.1, 0.15) is 32.8 Å². The van der Waals surface area contributed by atoms with Crippen LogP contribution >= 0.6 is 12.2 Å². The Balaban J connectivity index is 2.38. The third-order valence-electron chi connectivity index (χ3n) is 3.69. The maximum absolute atomic E-state index is 5.83. The Morgan fingerprint density at radius 1 is 1.35 bits per heavy atom. The van der Waals surface area contributed by atoms with Crippen LogP contribution in [0.15, 0.2) is 30.3 Å². The number of benzene rings is 1. The highest BCUT2D eigenvalue weighted by molar-refractivity contribution is 7.80. The number of nitrogens with two attached hydrogens (primary N) is 1. The first-order valence-electron chi connectivity index (χ1n) is 6.86. The summed E-state index contributed by atoms with van der Waals surface area (Å²) in [5.41, 5.74) is 7.85. The van der Waals surface area contributed by atoms with Gasteiger partial charge in [-0.15, -0.1) is 0 Å². The van der Waals surface area contributed by atoms with E-state index in [4.69, 9.17) is 18.0 Å². The van der Waals surface area contributed by atoms with Crippen LogP contribution in [0.4, 0.5) is 5.82 Å². The van der Waals surface area contributed by atoms with Crippen LogP contribution in [-0.2, 0) is 0 Å². The van der Waals surface area contributed by atoms with E-state index in [0.717, 1.165) is 35.2 Å². The van der Waals surface area contributed by atoms with E-state index in [-0.39, 0.29) is 5.41 Å². The van der Waals surface area contributed by atoms with E-state index in [1.54, 1.807) is 0 Å². The van der Waals surface area contributed by atoms with E-state index < -0.39 is 0 Å². The summed E-state index contributed by atoms with van der Waals surface area (Å²) in [6, 6.07) is 9.86. The molecule has 2 rings (SSSR count). The molecule has 1 aromatic carbocycles. The maximum atomic E-state index is 5.83. The highest BCUT2D eigenvalue weighted by Gasteiger charge is 2.15. The van der Waals surface area contributed by atoms with Crippen molar-refractivity contribution >= 4 is 33.9 Å². The van der Waals surface area contributed by atoms with Gasteiger partial charge in [0.15, 0.2) is 0 Å². The van der Waals surface area contributed by atoms with Gasteiger partial charge in [-0.3, -0.25) is 0 Å². The van der Waals surface area contributed by atoms with Crippen molar-refractivity contribution in [3.8, 4) is 0 Å². The van der Waals surface area contributed by atoms with Gasteiger partial charge in [0.2, 0.25) is 0 Å². The minimum atomic E-state index is 0.233. The largest absolute Gasteiger partial charge is 0.389 e. The molecule has 0 saturated heterocycles. The zero-order valence-corrected chi connectivity index (χ0v) is 13.1. The molecule has 0 radical (unpaired) electrons. The molecule has 106 valence electrons. The molecule has 0 bridgehead atoms. The molecule has 0 fully saturated rings. The zero-order valence-electron chi connectivity index (χ0n) is 12.2. The summed E-state index contributed by atoms with van der Waals surface area (Å²) in [7, 11) is 0. The number of anilines is 1. The number of nitrogens with one attached hydrogen (secondary N) is 1. The van der Waals surface area contributed by atoms with Gasteiger partial charge in [0.1, 0.15) is 10.8 Å². The van der Waals surface area contributed by atoms with Crippen LogP contribution in [0.2, 0.25) is 0 Å².